The maximum Gasteiger partial charge on any atom is 0.125 e. The highest BCUT2D eigenvalue weighted by molar-refractivity contribution is 5.43. The van der Waals surface area contributed by atoms with Crippen molar-refractivity contribution in [3.05, 3.63) is 28.8 Å². The number of methoxy groups -OCH3 is 1. The predicted octanol–water partition coefficient (Wildman–Crippen LogP) is 1.41. The second-order valence-corrected chi connectivity index (χ2v) is 4.51. The summed E-state index contributed by atoms with van der Waals surface area (Å²) < 4.78 is 10.5. The summed E-state index contributed by atoms with van der Waals surface area (Å²) in [5.74, 6) is 0.852. The molecule has 0 spiro atoms. The third-order valence-corrected chi connectivity index (χ3v) is 2.68. The summed E-state index contributed by atoms with van der Waals surface area (Å²) >= 11 is 0. The van der Waals surface area contributed by atoms with Crippen molar-refractivity contribution >= 4 is 0 Å². The molecule has 4 nitrogen and oxygen atoms in total. The molecule has 0 aliphatic rings. The lowest BCUT2D eigenvalue weighted by molar-refractivity contribution is 0.0322. The summed E-state index contributed by atoms with van der Waals surface area (Å²) in [6.45, 7) is 5.42. The van der Waals surface area contributed by atoms with Crippen LogP contribution in [0.15, 0.2) is 12.1 Å². The molecule has 0 radical (unpaired) electrons. The molecule has 1 aromatic rings. The molecule has 0 saturated heterocycles. The van der Waals surface area contributed by atoms with Gasteiger partial charge in [-0.15, -0.1) is 0 Å². The zero-order valence-electron chi connectivity index (χ0n) is 11.6. The van der Waals surface area contributed by atoms with E-state index in [1.54, 1.807) is 7.11 Å². The fourth-order valence-electron chi connectivity index (χ4n) is 1.99. The average Bonchev–Trinajstić information content (AvgIpc) is 2.28. The third-order valence-electron chi connectivity index (χ3n) is 2.68. The first-order valence-corrected chi connectivity index (χ1v) is 6.13. The molecule has 0 aliphatic carbocycles. The molecule has 1 unspecified atom stereocenters. The van der Waals surface area contributed by atoms with E-state index >= 15 is 0 Å². The minimum atomic E-state index is -0.592. The Morgan fingerprint density at radius 2 is 1.83 bits per heavy atom. The molecule has 2 N–H and O–H groups in total. The summed E-state index contributed by atoms with van der Waals surface area (Å²) in [7, 11) is 3.49. The number of aryl methyl sites for hydroxylation is 2. The molecule has 0 aromatic heterocycles. The van der Waals surface area contributed by atoms with Crippen molar-refractivity contribution in [2.24, 2.45) is 0 Å². The van der Waals surface area contributed by atoms with Gasteiger partial charge in [0, 0.05) is 13.7 Å². The Balaban J connectivity index is 2.71. The van der Waals surface area contributed by atoms with Crippen LogP contribution in [-0.4, -0.2) is 38.6 Å². The lowest BCUT2D eigenvalue weighted by atomic mass is 10.1. The Bertz CT molecular complexity index is 356. The Labute approximate surface area is 109 Å². The third kappa shape index (κ3) is 4.29. The van der Waals surface area contributed by atoms with E-state index in [0.29, 0.717) is 0 Å². The fraction of sp³-hybridized carbons (Fsp3) is 0.571. The van der Waals surface area contributed by atoms with E-state index < -0.39 is 6.10 Å². The second kappa shape index (κ2) is 7.36. The molecule has 1 rings (SSSR count). The number of rotatable bonds is 7. The van der Waals surface area contributed by atoms with Gasteiger partial charge in [-0.25, -0.2) is 0 Å². The van der Waals surface area contributed by atoms with E-state index in [4.69, 9.17) is 9.47 Å². The summed E-state index contributed by atoms with van der Waals surface area (Å²) in [6.07, 6.45) is -0.592. The van der Waals surface area contributed by atoms with E-state index in [0.717, 1.165) is 23.4 Å². The maximum atomic E-state index is 9.57. The topological polar surface area (TPSA) is 50.7 Å². The number of hydrogen-bond acceptors (Lipinski definition) is 4. The molecular weight excluding hydrogens is 230 g/mol. The first-order chi connectivity index (χ1) is 8.58. The first-order valence-electron chi connectivity index (χ1n) is 6.13. The number of benzene rings is 1. The van der Waals surface area contributed by atoms with Crippen LogP contribution in [-0.2, 0) is 11.3 Å². The van der Waals surface area contributed by atoms with Gasteiger partial charge in [0.2, 0.25) is 0 Å². The molecule has 0 amide bonds. The first kappa shape index (κ1) is 15.0. The van der Waals surface area contributed by atoms with E-state index in [9.17, 15) is 5.11 Å². The quantitative estimate of drug-likeness (QED) is 0.771. The van der Waals surface area contributed by atoms with Gasteiger partial charge in [-0.1, -0.05) is 12.1 Å². The largest absolute Gasteiger partial charge is 0.490 e. The van der Waals surface area contributed by atoms with Crippen LogP contribution in [0.4, 0.5) is 0 Å². The van der Waals surface area contributed by atoms with Crippen molar-refractivity contribution in [1.29, 1.82) is 0 Å². The molecule has 0 bridgehead atoms. The van der Waals surface area contributed by atoms with E-state index in [-0.39, 0.29) is 13.2 Å². The van der Waals surface area contributed by atoms with Crippen LogP contribution in [0.25, 0.3) is 0 Å². The van der Waals surface area contributed by atoms with Gasteiger partial charge < -0.3 is 19.9 Å². The van der Waals surface area contributed by atoms with Crippen molar-refractivity contribution < 1.29 is 14.6 Å². The number of aliphatic hydroxyl groups is 1. The Morgan fingerprint density at radius 3 is 2.33 bits per heavy atom. The molecule has 18 heavy (non-hydrogen) atoms. The van der Waals surface area contributed by atoms with Crippen molar-refractivity contribution in [1.82, 2.24) is 5.32 Å². The fourth-order valence-corrected chi connectivity index (χ4v) is 1.99. The lowest BCUT2D eigenvalue weighted by Crippen LogP contribution is -2.23. The van der Waals surface area contributed by atoms with E-state index in [1.165, 1.54) is 5.56 Å². The second-order valence-electron chi connectivity index (χ2n) is 4.51. The highest BCUT2D eigenvalue weighted by atomic mass is 16.5. The van der Waals surface area contributed by atoms with Crippen LogP contribution in [0.5, 0.6) is 5.75 Å². The summed E-state index contributed by atoms with van der Waals surface area (Å²) in [6, 6.07) is 4.20. The van der Waals surface area contributed by atoms with Gasteiger partial charge in [0.25, 0.3) is 0 Å². The van der Waals surface area contributed by atoms with Crippen LogP contribution < -0.4 is 10.1 Å². The van der Waals surface area contributed by atoms with Gasteiger partial charge in [0.15, 0.2) is 0 Å². The minimum absolute atomic E-state index is 0.251. The van der Waals surface area contributed by atoms with Gasteiger partial charge in [0.1, 0.15) is 18.5 Å². The molecule has 1 aromatic carbocycles. The SMILES string of the molecule is CNCc1cc(C)c(OCC(O)COC)c(C)c1. The van der Waals surface area contributed by atoms with E-state index in [2.05, 4.69) is 17.4 Å². The van der Waals surface area contributed by atoms with Crippen molar-refractivity contribution in [3.8, 4) is 5.75 Å². The molecule has 1 atom stereocenters. The zero-order valence-corrected chi connectivity index (χ0v) is 11.6. The Kier molecular flexibility index (Phi) is 6.12. The predicted molar refractivity (Wildman–Crippen MR) is 72.1 cm³/mol. The van der Waals surface area contributed by atoms with Gasteiger partial charge >= 0.3 is 0 Å². The zero-order chi connectivity index (χ0) is 13.5. The summed E-state index contributed by atoms with van der Waals surface area (Å²) in [5, 5.41) is 12.7. The highest BCUT2D eigenvalue weighted by Gasteiger charge is 2.09. The molecule has 0 heterocycles. The van der Waals surface area contributed by atoms with Gasteiger partial charge in [-0.3, -0.25) is 0 Å². The molecular formula is C14H23NO3. The van der Waals surface area contributed by atoms with E-state index in [1.807, 2.05) is 20.9 Å². The van der Waals surface area contributed by atoms with Crippen LogP contribution >= 0.6 is 0 Å². The van der Waals surface area contributed by atoms with Crippen molar-refractivity contribution in [2.75, 3.05) is 27.4 Å². The maximum absolute atomic E-state index is 9.57. The molecule has 102 valence electrons. The number of nitrogens with one attached hydrogen (secondary N) is 1. The lowest BCUT2D eigenvalue weighted by Gasteiger charge is -2.16. The van der Waals surface area contributed by atoms with Crippen molar-refractivity contribution in [2.45, 2.75) is 26.5 Å². The van der Waals surface area contributed by atoms with Crippen LogP contribution in [0.3, 0.4) is 0 Å². The number of aliphatic hydroxyl groups excluding tert-OH is 1. The Morgan fingerprint density at radius 1 is 1.22 bits per heavy atom. The standard InChI is InChI=1S/C14H23NO3/c1-10-5-12(7-15-3)6-11(2)14(10)18-9-13(16)8-17-4/h5-6,13,15-16H,7-9H2,1-4H3. The van der Waals surface area contributed by atoms with Crippen LogP contribution in [0.1, 0.15) is 16.7 Å². The van der Waals surface area contributed by atoms with Crippen molar-refractivity contribution in [3.63, 3.8) is 0 Å². The number of hydrogen-bond donors (Lipinski definition) is 2. The smallest absolute Gasteiger partial charge is 0.125 e. The minimum Gasteiger partial charge on any atom is -0.490 e. The molecule has 0 saturated carbocycles. The van der Waals surface area contributed by atoms with Gasteiger partial charge in [0.05, 0.1) is 6.61 Å². The molecule has 0 fully saturated rings. The Hall–Kier alpha value is -1.10. The monoisotopic (exact) mass is 253 g/mol. The molecule has 4 heteroatoms. The highest BCUT2D eigenvalue weighted by Crippen LogP contribution is 2.25. The summed E-state index contributed by atoms with van der Waals surface area (Å²) in [4.78, 5) is 0. The summed E-state index contributed by atoms with van der Waals surface area (Å²) in [5.41, 5.74) is 3.41. The normalized spacial score (nSPS) is 12.5. The number of ether oxygens (including phenoxy) is 2. The van der Waals surface area contributed by atoms with Gasteiger partial charge in [-0.2, -0.15) is 0 Å². The average molecular weight is 253 g/mol. The molecule has 0 aliphatic heterocycles. The van der Waals surface area contributed by atoms with Gasteiger partial charge in [-0.05, 0) is 37.6 Å². The van der Waals surface area contributed by atoms with Crippen LogP contribution in [0.2, 0.25) is 0 Å². The van der Waals surface area contributed by atoms with Crippen LogP contribution in [0, 0.1) is 13.8 Å².